The lowest BCUT2D eigenvalue weighted by Gasteiger charge is -2.21. The minimum absolute atomic E-state index is 0.0345. The molecule has 0 spiro atoms. The van der Waals surface area contributed by atoms with Gasteiger partial charge in [0.05, 0.1) is 16.8 Å². The summed E-state index contributed by atoms with van der Waals surface area (Å²) in [6.45, 7) is 5.76. The van der Waals surface area contributed by atoms with Crippen LogP contribution in [0, 0.1) is 0 Å². The van der Waals surface area contributed by atoms with Crippen molar-refractivity contribution < 1.29 is 26.3 Å². The Kier molecular flexibility index (Phi) is 6.78. The molecule has 0 aliphatic rings. The minimum atomic E-state index is -5.18. The molecule has 188 valence electrons. The van der Waals surface area contributed by atoms with Crippen molar-refractivity contribution in [2.75, 3.05) is 0 Å². The fourth-order valence-electron chi connectivity index (χ4n) is 3.78. The van der Waals surface area contributed by atoms with E-state index in [4.69, 9.17) is 4.98 Å². The summed E-state index contributed by atoms with van der Waals surface area (Å²) in [7, 11) is -1.34. The summed E-state index contributed by atoms with van der Waals surface area (Å²) in [4.78, 5) is 4.86. The van der Waals surface area contributed by atoms with E-state index in [1.54, 1.807) is 6.20 Å². The molecule has 2 nitrogen and oxygen atoms in total. The van der Waals surface area contributed by atoms with E-state index < -0.39 is 36.8 Å². The van der Waals surface area contributed by atoms with Crippen molar-refractivity contribution >= 4 is 24.1 Å². The van der Waals surface area contributed by atoms with E-state index in [2.05, 4.69) is 0 Å². The van der Waals surface area contributed by atoms with Crippen LogP contribution in [0.4, 0.5) is 26.3 Å². The van der Waals surface area contributed by atoms with E-state index in [1.807, 2.05) is 81.4 Å². The van der Waals surface area contributed by atoms with Gasteiger partial charge in [0.2, 0.25) is 0 Å². The number of imidazole rings is 1. The largest absolute Gasteiger partial charge is 0.417 e. The number of halogens is 6. The first-order valence-electron chi connectivity index (χ1n) is 11.1. The minimum Gasteiger partial charge on any atom is -0.299 e. The van der Waals surface area contributed by atoms with Gasteiger partial charge >= 0.3 is 12.4 Å². The van der Waals surface area contributed by atoms with Crippen molar-refractivity contribution in [1.29, 1.82) is 0 Å². The third kappa shape index (κ3) is 5.34. The number of benzene rings is 3. The van der Waals surface area contributed by atoms with Crippen molar-refractivity contribution in [1.82, 2.24) is 9.55 Å². The normalized spacial score (nSPS) is 12.8. The molecule has 0 radical (unpaired) electrons. The maximum Gasteiger partial charge on any atom is 0.417 e. The van der Waals surface area contributed by atoms with Gasteiger partial charge in [0.15, 0.2) is 0 Å². The SMILES string of the molecule is CC(C)(C)c1cn(-c2ccc(C(F)(F)F)c(C(F)(F)F)c2)c(P(c2ccccc2)c2ccccc2)n1. The second kappa shape index (κ2) is 9.40. The monoisotopic (exact) mass is 520 g/mol. The van der Waals surface area contributed by atoms with Gasteiger partial charge in [0, 0.05) is 25.2 Å². The van der Waals surface area contributed by atoms with Crippen LogP contribution in [0.25, 0.3) is 5.69 Å². The molecule has 4 aromatic rings. The van der Waals surface area contributed by atoms with Crippen LogP contribution in [0.15, 0.2) is 85.1 Å². The van der Waals surface area contributed by atoms with E-state index in [0.717, 1.165) is 16.7 Å². The smallest absolute Gasteiger partial charge is 0.299 e. The molecule has 0 fully saturated rings. The molecule has 0 bridgehead atoms. The van der Waals surface area contributed by atoms with Gasteiger partial charge in [-0.3, -0.25) is 4.57 Å². The van der Waals surface area contributed by atoms with Crippen molar-refractivity contribution in [3.63, 3.8) is 0 Å². The predicted molar refractivity (Wildman–Crippen MR) is 131 cm³/mol. The Labute approximate surface area is 206 Å². The summed E-state index contributed by atoms with van der Waals surface area (Å²) in [5.74, 6) is 0. The molecule has 3 aromatic carbocycles. The van der Waals surface area contributed by atoms with Crippen LogP contribution in [0.5, 0.6) is 0 Å². The fraction of sp³-hybridized carbons (Fsp3) is 0.222. The molecule has 0 saturated heterocycles. The quantitative estimate of drug-likeness (QED) is 0.210. The number of hydrogen-bond donors (Lipinski definition) is 0. The molecule has 0 N–H and O–H groups in total. The van der Waals surface area contributed by atoms with Crippen LogP contribution >= 0.6 is 7.92 Å². The van der Waals surface area contributed by atoms with Crippen LogP contribution in [0.2, 0.25) is 0 Å². The molecule has 0 aliphatic heterocycles. The van der Waals surface area contributed by atoms with E-state index >= 15 is 0 Å². The van der Waals surface area contributed by atoms with Gasteiger partial charge in [-0.1, -0.05) is 81.4 Å². The molecular formula is C27H23F6N2P. The zero-order valence-corrected chi connectivity index (χ0v) is 20.6. The standard InChI is InChI=1S/C27H23F6N2P/c1-25(2,3)23-17-35(18-14-15-21(26(28,29)30)22(16-18)27(31,32)33)24(34-23)36(19-10-6-4-7-11-19)20-12-8-5-9-13-20/h4-17H,1-3H3. The predicted octanol–water partition coefficient (Wildman–Crippen LogP) is 6.97. The topological polar surface area (TPSA) is 17.8 Å². The maximum atomic E-state index is 13.7. The first-order valence-corrected chi connectivity index (χ1v) is 12.4. The average Bonchev–Trinajstić information content (AvgIpc) is 3.25. The summed E-state index contributed by atoms with van der Waals surface area (Å²) >= 11 is 0. The third-order valence-electron chi connectivity index (χ3n) is 5.58. The molecule has 36 heavy (non-hydrogen) atoms. The lowest BCUT2D eigenvalue weighted by molar-refractivity contribution is -0.162. The molecule has 0 saturated carbocycles. The molecule has 0 amide bonds. The van der Waals surface area contributed by atoms with Gasteiger partial charge in [-0.2, -0.15) is 26.3 Å². The number of alkyl halides is 6. The van der Waals surface area contributed by atoms with Gasteiger partial charge in [-0.15, -0.1) is 0 Å². The molecule has 0 unspecified atom stereocenters. The van der Waals surface area contributed by atoms with Crippen molar-refractivity contribution in [2.24, 2.45) is 0 Å². The first-order chi connectivity index (χ1) is 16.8. The number of hydrogen-bond acceptors (Lipinski definition) is 1. The van der Waals surface area contributed by atoms with Gasteiger partial charge in [-0.05, 0) is 28.8 Å². The summed E-state index contributed by atoms with van der Waals surface area (Å²) in [5, 5.41) is 1.82. The van der Waals surface area contributed by atoms with Gasteiger partial charge in [0.25, 0.3) is 0 Å². The van der Waals surface area contributed by atoms with E-state index in [-0.39, 0.29) is 5.69 Å². The molecule has 0 atom stereocenters. The first kappa shape index (κ1) is 26.0. The summed E-state index contributed by atoms with van der Waals surface area (Å²) in [6, 6.07) is 21.0. The van der Waals surface area contributed by atoms with Crippen molar-refractivity contribution in [2.45, 2.75) is 38.5 Å². The van der Waals surface area contributed by atoms with Crippen molar-refractivity contribution in [3.8, 4) is 5.69 Å². The highest BCUT2D eigenvalue weighted by molar-refractivity contribution is 7.79. The molecule has 1 heterocycles. The Balaban J connectivity index is 2.01. The molecule has 0 aliphatic carbocycles. The second-order valence-corrected chi connectivity index (χ2v) is 11.4. The Morgan fingerprint density at radius 2 is 1.17 bits per heavy atom. The van der Waals surface area contributed by atoms with Crippen LogP contribution in [-0.2, 0) is 17.8 Å². The maximum absolute atomic E-state index is 13.7. The number of rotatable bonds is 4. The van der Waals surface area contributed by atoms with Crippen LogP contribution < -0.4 is 16.2 Å². The molecule has 1 aromatic heterocycles. The van der Waals surface area contributed by atoms with Crippen molar-refractivity contribution in [3.05, 3.63) is 102 Å². The highest BCUT2D eigenvalue weighted by Crippen LogP contribution is 2.42. The van der Waals surface area contributed by atoms with Crippen LogP contribution in [0.3, 0.4) is 0 Å². The Morgan fingerprint density at radius 1 is 0.667 bits per heavy atom. The van der Waals surface area contributed by atoms with E-state index in [0.29, 0.717) is 23.4 Å². The third-order valence-corrected chi connectivity index (χ3v) is 7.92. The molecule has 4 rings (SSSR count). The van der Waals surface area contributed by atoms with Gasteiger partial charge < -0.3 is 0 Å². The number of aromatic nitrogens is 2. The highest BCUT2D eigenvalue weighted by Gasteiger charge is 2.43. The highest BCUT2D eigenvalue weighted by atomic mass is 31.1. The lowest BCUT2D eigenvalue weighted by atomic mass is 9.93. The average molecular weight is 520 g/mol. The summed E-state index contributed by atoms with van der Waals surface area (Å²) in [5.41, 5.74) is -2.84. The number of nitrogens with zero attached hydrogens (tertiary/aromatic N) is 2. The summed E-state index contributed by atoms with van der Waals surface area (Å²) in [6.07, 6.45) is -8.70. The van der Waals surface area contributed by atoms with Crippen LogP contribution in [-0.4, -0.2) is 9.55 Å². The fourth-order valence-corrected chi connectivity index (χ4v) is 6.07. The van der Waals surface area contributed by atoms with E-state index in [9.17, 15) is 26.3 Å². The molecule has 9 heteroatoms. The van der Waals surface area contributed by atoms with Gasteiger partial charge in [-0.25, -0.2) is 4.98 Å². The Morgan fingerprint density at radius 3 is 1.61 bits per heavy atom. The van der Waals surface area contributed by atoms with Crippen LogP contribution in [0.1, 0.15) is 37.6 Å². The van der Waals surface area contributed by atoms with E-state index in [1.165, 1.54) is 4.57 Å². The Hall–Kier alpha value is -3.12. The second-order valence-electron chi connectivity index (χ2n) is 9.28. The Bertz CT molecular complexity index is 1300. The zero-order valence-electron chi connectivity index (χ0n) is 19.7. The summed E-state index contributed by atoms with van der Waals surface area (Å²) < 4.78 is 82.9. The lowest BCUT2D eigenvalue weighted by Crippen LogP contribution is -2.28. The molecular weight excluding hydrogens is 497 g/mol. The van der Waals surface area contributed by atoms with Gasteiger partial charge in [0.1, 0.15) is 5.57 Å². The zero-order chi connectivity index (χ0) is 26.3.